The van der Waals surface area contributed by atoms with Crippen molar-refractivity contribution in [2.45, 2.75) is 50.9 Å². The molecule has 0 radical (unpaired) electrons. The van der Waals surface area contributed by atoms with E-state index in [1.54, 1.807) is 30.9 Å². The van der Waals surface area contributed by atoms with Crippen molar-refractivity contribution < 1.29 is 19.2 Å². The number of nitrogens with zero attached hydrogens (tertiary/aromatic N) is 7. The fourth-order valence-corrected chi connectivity index (χ4v) is 5.27. The van der Waals surface area contributed by atoms with Crippen LogP contribution in [-0.2, 0) is 22.7 Å². The number of hydrogen-bond donors (Lipinski definition) is 1. The number of imidazole rings is 1. The van der Waals surface area contributed by atoms with Crippen LogP contribution in [0.3, 0.4) is 0 Å². The third kappa shape index (κ3) is 3.84. The van der Waals surface area contributed by atoms with Crippen LogP contribution in [0, 0.1) is 0 Å². The average Bonchev–Trinajstić information content (AvgIpc) is 3.67. The van der Waals surface area contributed by atoms with Crippen LogP contribution < -0.4 is 5.32 Å². The second-order valence-corrected chi connectivity index (χ2v) is 9.34. The van der Waals surface area contributed by atoms with E-state index in [0.29, 0.717) is 30.8 Å². The molecular formula is C24H24N8O4. The zero-order valence-corrected chi connectivity index (χ0v) is 19.4. The van der Waals surface area contributed by atoms with Crippen molar-refractivity contribution in [3.8, 4) is 5.69 Å². The first-order valence-corrected chi connectivity index (χ1v) is 11.9. The van der Waals surface area contributed by atoms with Gasteiger partial charge < -0.3 is 14.4 Å². The van der Waals surface area contributed by atoms with Gasteiger partial charge in [-0.05, 0) is 43.0 Å². The van der Waals surface area contributed by atoms with Crippen LogP contribution in [0.1, 0.15) is 52.1 Å². The molecule has 12 heteroatoms. The number of carbonyl (C=O) groups excluding carboxylic acids is 4. The molecule has 5 heterocycles. The number of carbonyl (C=O) groups is 4. The quantitative estimate of drug-likeness (QED) is 0.518. The number of amides is 4. The standard InChI is InChI=1S/C24H24N8O4/c33-21-6-5-20(22(34)26-21)31-11-15-10-16(3-4-18(15)23(31)35)32-13-19(27-28-32)24(36)30-8-1-2-17(30)12-29-9-7-25-14-29/h3-4,7,9-10,13-14,17,20H,1-2,5-6,8,11-12H2,(H,26,33,34)/t17-,20?/m1/s1. The van der Waals surface area contributed by atoms with Gasteiger partial charge in [-0.1, -0.05) is 5.21 Å². The van der Waals surface area contributed by atoms with E-state index < -0.39 is 11.9 Å². The fraction of sp³-hybridized carbons (Fsp3) is 0.375. The first-order valence-electron chi connectivity index (χ1n) is 11.9. The number of nitrogens with one attached hydrogen (secondary N) is 1. The van der Waals surface area contributed by atoms with E-state index in [9.17, 15) is 19.2 Å². The van der Waals surface area contributed by atoms with Crippen molar-refractivity contribution in [2.24, 2.45) is 0 Å². The third-order valence-electron chi connectivity index (χ3n) is 7.10. The molecule has 2 saturated heterocycles. The number of aromatic nitrogens is 5. The average molecular weight is 489 g/mol. The summed E-state index contributed by atoms with van der Waals surface area (Å²) in [5.74, 6) is -1.16. The molecule has 3 aliphatic rings. The van der Waals surface area contributed by atoms with Crippen LogP contribution in [0.4, 0.5) is 0 Å². The van der Waals surface area contributed by atoms with E-state index in [1.807, 2.05) is 21.7 Å². The predicted octanol–water partition coefficient (Wildman–Crippen LogP) is 0.530. The molecule has 36 heavy (non-hydrogen) atoms. The highest BCUT2D eigenvalue weighted by Gasteiger charge is 2.39. The second kappa shape index (κ2) is 8.70. The zero-order chi connectivity index (χ0) is 24.8. The number of fused-ring (bicyclic) bond motifs is 1. The Hall–Kier alpha value is -4.35. The molecule has 3 aliphatic heterocycles. The van der Waals surface area contributed by atoms with Gasteiger partial charge >= 0.3 is 0 Å². The number of benzene rings is 1. The van der Waals surface area contributed by atoms with Gasteiger partial charge in [0.2, 0.25) is 11.8 Å². The Morgan fingerprint density at radius 1 is 1.17 bits per heavy atom. The lowest BCUT2D eigenvalue weighted by Gasteiger charge is -2.29. The van der Waals surface area contributed by atoms with Crippen molar-refractivity contribution in [1.29, 1.82) is 0 Å². The number of hydrogen-bond acceptors (Lipinski definition) is 7. The number of likely N-dealkylation sites (tertiary alicyclic amines) is 1. The van der Waals surface area contributed by atoms with Gasteiger partial charge in [0.25, 0.3) is 11.8 Å². The summed E-state index contributed by atoms with van der Waals surface area (Å²) in [6.07, 6.45) is 9.32. The minimum Gasteiger partial charge on any atom is -0.335 e. The van der Waals surface area contributed by atoms with Crippen LogP contribution in [0.25, 0.3) is 5.69 Å². The maximum Gasteiger partial charge on any atom is 0.276 e. The monoisotopic (exact) mass is 488 g/mol. The minimum absolute atomic E-state index is 0.0705. The van der Waals surface area contributed by atoms with Gasteiger partial charge in [0.05, 0.1) is 24.3 Å². The third-order valence-corrected chi connectivity index (χ3v) is 7.10. The number of imide groups is 1. The SMILES string of the molecule is O=C1CCC(N2Cc3cc(-n4cc(C(=O)N5CCC[C@@H]5Cn5ccnc5)nn4)ccc3C2=O)C(=O)N1. The zero-order valence-electron chi connectivity index (χ0n) is 19.4. The number of rotatable bonds is 5. The fourth-order valence-electron chi connectivity index (χ4n) is 5.27. The maximum atomic E-state index is 13.2. The van der Waals surface area contributed by atoms with E-state index in [2.05, 4.69) is 20.6 Å². The second-order valence-electron chi connectivity index (χ2n) is 9.34. The summed E-state index contributed by atoms with van der Waals surface area (Å²) in [5, 5.41) is 10.6. The summed E-state index contributed by atoms with van der Waals surface area (Å²) >= 11 is 0. The summed E-state index contributed by atoms with van der Waals surface area (Å²) in [6, 6.07) is 4.66. The summed E-state index contributed by atoms with van der Waals surface area (Å²) in [7, 11) is 0. The first kappa shape index (κ1) is 22.1. The van der Waals surface area contributed by atoms with Crippen LogP contribution >= 0.6 is 0 Å². The van der Waals surface area contributed by atoms with Crippen molar-refractivity contribution >= 4 is 23.6 Å². The van der Waals surface area contributed by atoms with Gasteiger partial charge in [-0.3, -0.25) is 24.5 Å². The molecule has 12 nitrogen and oxygen atoms in total. The lowest BCUT2D eigenvalue weighted by Crippen LogP contribution is -2.52. The molecule has 3 aromatic rings. The van der Waals surface area contributed by atoms with E-state index in [0.717, 1.165) is 18.4 Å². The molecule has 1 N–H and O–H groups in total. The highest BCUT2D eigenvalue weighted by molar-refractivity contribution is 6.05. The Labute approximate surface area is 205 Å². The molecule has 184 valence electrons. The van der Waals surface area contributed by atoms with E-state index in [4.69, 9.17) is 0 Å². The highest BCUT2D eigenvalue weighted by atomic mass is 16.2. The van der Waals surface area contributed by atoms with E-state index in [-0.39, 0.29) is 42.4 Å². The Kier molecular flexibility index (Phi) is 5.35. The van der Waals surface area contributed by atoms with Gasteiger partial charge in [0, 0.05) is 44.0 Å². The van der Waals surface area contributed by atoms with Crippen LogP contribution in [0.15, 0.2) is 43.1 Å². The highest BCUT2D eigenvalue weighted by Crippen LogP contribution is 2.29. The molecule has 1 unspecified atom stereocenters. The number of piperidine rings is 1. The Morgan fingerprint density at radius 3 is 2.86 bits per heavy atom. The Balaban J connectivity index is 1.18. The van der Waals surface area contributed by atoms with Crippen LogP contribution in [0.5, 0.6) is 0 Å². The van der Waals surface area contributed by atoms with Crippen LogP contribution in [-0.4, -0.2) is 76.6 Å². The summed E-state index contributed by atoms with van der Waals surface area (Å²) in [4.78, 5) is 57.3. The molecule has 6 rings (SSSR count). The molecule has 2 atom stereocenters. The smallest absolute Gasteiger partial charge is 0.276 e. The van der Waals surface area contributed by atoms with Gasteiger partial charge in [-0.15, -0.1) is 5.10 Å². The lowest BCUT2D eigenvalue weighted by atomic mass is 10.0. The molecule has 0 spiro atoms. The molecule has 0 bridgehead atoms. The molecular weight excluding hydrogens is 464 g/mol. The lowest BCUT2D eigenvalue weighted by molar-refractivity contribution is -0.136. The van der Waals surface area contributed by atoms with Gasteiger partial charge in [-0.25, -0.2) is 9.67 Å². The molecule has 2 aromatic heterocycles. The van der Waals surface area contributed by atoms with Gasteiger partial charge in [0.1, 0.15) is 6.04 Å². The topological polar surface area (TPSA) is 135 Å². The largest absolute Gasteiger partial charge is 0.335 e. The molecule has 0 saturated carbocycles. The van der Waals surface area contributed by atoms with Crippen LogP contribution in [0.2, 0.25) is 0 Å². The first-order chi connectivity index (χ1) is 17.5. The van der Waals surface area contributed by atoms with E-state index >= 15 is 0 Å². The molecule has 2 fully saturated rings. The van der Waals surface area contributed by atoms with Crippen molar-refractivity contribution in [3.05, 3.63) is 59.9 Å². The summed E-state index contributed by atoms with van der Waals surface area (Å²) in [5.41, 5.74) is 2.19. The predicted molar refractivity (Wildman–Crippen MR) is 124 cm³/mol. The summed E-state index contributed by atoms with van der Waals surface area (Å²) < 4.78 is 3.49. The molecule has 0 aliphatic carbocycles. The van der Waals surface area contributed by atoms with E-state index in [1.165, 1.54) is 9.58 Å². The Bertz CT molecular complexity index is 1360. The molecule has 4 amide bonds. The normalized spacial score (nSPS) is 21.7. The van der Waals surface area contributed by atoms with Crippen molar-refractivity contribution in [3.63, 3.8) is 0 Å². The Morgan fingerprint density at radius 2 is 2.06 bits per heavy atom. The molecule has 1 aromatic carbocycles. The van der Waals surface area contributed by atoms with Crippen molar-refractivity contribution in [2.75, 3.05) is 6.54 Å². The maximum absolute atomic E-state index is 13.2. The minimum atomic E-state index is -0.669. The van der Waals surface area contributed by atoms with Gasteiger partial charge in [-0.2, -0.15) is 0 Å². The van der Waals surface area contributed by atoms with Crippen molar-refractivity contribution in [1.82, 2.24) is 39.7 Å². The van der Waals surface area contributed by atoms with Gasteiger partial charge in [0.15, 0.2) is 5.69 Å². The summed E-state index contributed by atoms with van der Waals surface area (Å²) in [6.45, 7) is 1.61.